The van der Waals surface area contributed by atoms with Gasteiger partial charge in [0, 0.05) is 31.9 Å². The molecule has 198 valence electrons. The van der Waals surface area contributed by atoms with Crippen molar-refractivity contribution in [2.24, 2.45) is 0 Å². The van der Waals surface area contributed by atoms with Gasteiger partial charge in [-0.15, -0.1) is 0 Å². The number of hydrogen-bond donors (Lipinski definition) is 1. The van der Waals surface area contributed by atoms with E-state index >= 15 is 0 Å². The lowest BCUT2D eigenvalue weighted by atomic mass is 9.85. The van der Waals surface area contributed by atoms with Crippen LogP contribution in [0.25, 0.3) is 10.8 Å². The Balaban J connectivity index is 1.17. The summed E-state index contributed by atoms with van der Waals surface area (Å²) in [4.78, 5) is 33.3. The maximum absolute atomic E-state index is 14.0. The summed E-state index contributed by atoms with van der Waals surface area (Å²) in [7, 11) is 0. The Morgan fingerprint density at radius 3 is 2.23 bits per heavy atom. The Bertz CT molecular complexity index is 1440. The predicted octanol–water partition coefficient (Wildman–Crippen LogP) is 4.80. The van der Waals surface area contributed by atoms with Crippen LogP contribution in [0.5, 0.6) is 0 Å². The largest absolute Gasteiger partial charge is 0.350 e. The molecule has 2 aliphatic rings. The minimum Gasteiger partial charge on any atom is -0.350 e. The number of carbonyl (C=O) groups excluding carboxylic acids is 2. The molecule has 2 amide bonds. The number of nitrogens with one attached hydrogen (secondary N) is 1. The second-order valence-corrected chi connectivity index (χ2v) is 10.6. The fourth-order valence-corrected chi connectivity index (χ4v) is 6.10. The van der Waals surface area contributed by atoms with Crippen molar-refractivity contribution in [3.8, 4) is 0 Å². The quantitative estimate of drug-likeness (QED) is 0.382. The van der Waals surface area contributed by atoms with Gasteiger partial charge in [0.2, 0.25) is 11.8 Å². The SMILES string of the molecule is O=C(CN1CN(c2ccccc2)C2(CCN(Cc3cccc4ccccc34)CC2)C1=O)NCc1ccccc1. The van der Waals surface area contributed by atoms with Crippen molar-refractivity contribution in [1.82, 2.24) is 15.1 Å². The van der Waals surface area contributed by atoms with Crippen LogP contribution < -0.4 is 10.2 Å². The first-order valence-electron chi connectivity index (χ1n) is 13.7. The summed E-state index contributed by atoms with van der Waals surface area (Å²) >= 11 is 0. The van der Waals surface area contributed by atoms with Gasteiger partial charge in [-0.05, 0) is 46.9 Å². The van der Waals surface area contributed by atoms with E-state index < -0.39 is 5.54 Å². The molecule has 0 aliphatic carbocycles. The normalized spacial score (nSPS) is 17.2. The molecule has 6 heteroatoms. The molecule has 2 heterocycles. The molecule has 1 N–H and O–H groups in total. The molecule has 1 spiro atoms. The van der Waals surface area contributed by atoms with Gasteiger partial charge in [0.1, 0.15) is 12.1 Å². The monoisotopic (exact) mass is 518 g/mol. The Kier molecular flexibility index (Phi) is 7.03. The van der Waals surface area contributed by atoms with Gasteiger partial charge in [0.05, 0.1) is 6.67 Å². The van der Waals surface area contributed by atoms with Crippen molar-refractivity contribution in [1.29, 1.82) is 0 Å². The molecule has 0 saturated carbocycles. The van der Waals surface area contributed by atoms with Crippen LogP contribution in [0.2, 0.25) is 0 Å². The lowest BCUT2D eigenvalue weighted by Gasteiger charge is -2.43. The van der Waals surface area contributed by atoms with Crippen LogP contribution in [-0.4, -0.2) is 53.5 Å². The zero-order chi connectivity index (χ0) is 26.7. The van der Waals surface area contributed by atoms with Gasteiger partial charge in [-0.3, -0.25) is 14.5 Å². The Morgan fingerprint density at radius 1 is 0.795 bits per heavy atom. The minimum absolute atomic E-state index is 0.0611. The highest BCUT2D eigenvalue weighted by atomic mass is 16.2. The molecule has 6 nitrogen and oxygen atoms in total. The molecule has 0 aromatic heterocycles. The number of amides is 2. The van der Waals surface area contributed by atoms with Gasteiger partial charge in [-0.2, -0.15) is 0 Å². The minimum atomic E-state index is -0.629. The number of likely N-dealkylation sites (tertiary alicyclic amines) is 1. The van der Waals surface area contributed by atoms with E-state index in [0.717, 1.165) is 43.7 Å². The maximum atomic E-state index is 14.0. The van der Waals surface area contributed by atoms with Gasteiger partial charge in [0.25, 0.3) is 0 Å². The smallest absolute Gasteiger partial charge is 0.250 e. The zero-order valence-corrected chi connectivity index (χ0v) is 22.1. The van der Waals surface area contributed by atoms with Crippen molar-refractivity contribution < 1.29 is 9.59 Å². The first-order valence-corrected chi connectivity index (χ1v) is 13.7. The van der Waals surface area contributed by atoms with Crippen molar-refractivity contribution in [3.05, 3.63) is 114 Å². The molecule has 0 atom stereocenters. The molecule has 4 aromatic rings. The second-order valence-electron chi connectivity index (χ2n) is 10.6. The number of para-hydroxylation sites is 1. The first-order chi connectivity index (χ1) is 19.1. The Labute approximate surface area is 229 Å². The summed E-state index contributed by atoms with van der Waals surface area (Å²) in [5.41, 5.74) is 2.76. The highest BCUT2D eigenvalue weighted by Crippen LogP contribution is 2.39. The molecule has 2 aliphatic heterocycles. The molecule has 0 unspecified atom stereocenters. The number of carbonyl (C=O) groups is 2. The highest BCUT2D eigenvalue weighted by Gasteiger charge is 2.53. The van der Waals surface area contributed by atoms with Gasteiger partial charge in [-0.25, -0.2) is 0 Å². The van der Waals surface area contributed by atoms with Crippen LogP contribution >= 0.6 is 0 Å². The number of benzene rings is 4. The Hall–Kier alpha value is -4.16. The lowest BCUT2D eigenvalue weighted by molar-refractivity contribution is -0.137. The van der Waals surface area contributed by atoms with E-state index in [0.29, 0.717) is 13.2 Å². The van der Waals surface area contributed by atoms with Gasteiger partial charge in [0.15, 0.2) is 0 Å². The van der Waals surface area contributed by atoms with E-state index in [1.54, 1.807) is 4.90 Å². The Morgan fingerprint density at radius 2 is 1.46 bits per heavy atom. The highest BCUT2D eigenvalue weighted by molar-refractivity contribution is 5.96. The molecule has 39 heavy (non-hydrogen) atoms. The molecule has 2 saturated heterocycles. The molecule has 4 aromatic carbocycles. The van der Waals surface area contributed by atoms with Gasteiger partial charge >= 0.3 is 0 Å². The van der Waals surface area contributed by atoms with Crippen molar-refractivity contribution in [2.75, 3.05) is 31.2 Å². The number of rotatable bonds is 7. The maximum Gasteiger partial charge on any atom is 0.250 e. The van der Waals surface area contributed by atoms with E-state index in [1.807, 2.05) is 48.5 Å². The summed E-state index contributed by atoms with van der Waals surface area (Å²) in [6, 6.07) is 35.0. The summed E-state index contributed by atoms with van der Waals surface area (Å²) in [5.74, 6) is -0.0725. The van der Waals surface area contributed by atoms with Crippen molar-refractivity contribution in [3.63, 3.8) is 0 Å². The number of piperidine rings is 1. The first kappa shape index (κ1) is 25.1. The van der Waals surface area contributed by atoms with E-state index in [4.69, 9.17) is 0 Å². The molecule has 2 fully saturated rings. The molecular weight excluding hydrogens is 484 g/mol. The van der Waals surface area contributed by atoms with Crippen LogP contribution in [0.1, 0.15) is 24.0 Å². The van der Waals surface area contributed by atoms with Crippen LogP contribution in [0.15, 0.2) is 103 Å². The molecule has 0 bridgehead atoms. The number of hydrogen-bond acceptors (Lipinski definition) is 4. The van der Waals surface area contributed by atoms with Crippen LogP contribution in [0, 0.1) is 0 Å². The third kappa shape index (κ3) is 5.12. The summed E-state index contributed by atoms with van der Waals surface area (Å²) < 4.78 is 0. The van der Waals surface area contributed by atoms with Crippen LogP contribution in [0.4, 0.5) is 5.69 Å². The number of nitrogens with zero attached hydrogens (tertiary/aromatic N) is 3. The third-order valence-corrected chi connectivity index (χ3v) is 8.21. The van der Waals surface area contributed by atoms with E-state index in [1.165, 1.54) is 16.3 Å². The van der Waals surface area contributed by atoms with E-state index in [-0.39, 0.29) is 18.4 Å². The van der Waals surface area contributed by atoms with Crippen LogP contribution in [-0.2, 0) is 22.7 Å². The summed E-state index contributed by atoms with van der Waals surface area (Å²) in [6.45, 7) is 3.46. The van der Waals surface area contributed by atoms with Crippen LogP contribution in [0.3, 0.4) is 0 Å². The molecule has 0 radical (unpaired) electrons. The fraction of sp³-hybridized carbons (Fsp3) is 0.273. The standard InChI is InChI=1S/C33H34N4O2/c38-31(34-22-26-10-3-1-4-11-26)24-36-25-37(29-15-5-2-6-16-29)33(32(36)39)18-20-35(21-19-33)23-28-14-9-13-27-12-7-8-17-30(27)28/h1-17H,18-25H2,(H,34,38). The summed E-state index contributed by atoms with van der Waals surface area (Å²) in [5, 5.41) is 5.52. The van der Waals surface area contributed by atoms with Crippen molar-refractivity contribution >= 4 is 28.3 Å². The number of anilines is 1. The molecule has 6 rings (SSSR count). The fourth-order valence-electron chi connectivity index (χ4n) is 6.10. The zero-order valence-electron chi connectivity index (χ0n) is 22.1. The topological polar surface area (TPSA) is 55.9 Å². The van der Waals surface area contributed by atoms with E-state index in [2.05, 4.69) is 69.7 Å². The third-order valence-electron chi connectivity index (χ3n) is 8.21. The lowest BCUT2D eigenvalue weighted by Crippen LogP contribution is -2.56. The van der Waals surface area contributed by atoms with E-state index in [9.17, 15) is 9.59 Å². The average Bonchev–Trinajstić information content (AvgIpc) is 3.24. The predicted molar refractivity (Wildman–Crippen MR) is 155 cm³/mol. The summed E-state index contributed by atoms with van der Waals surface area (Å²) in [6.07, 6.45) is 1.46. The van der Waals surface area contributed by atoms with Gasteiger partial charge in [-0.1, -0.05) is 91.0 Å². The second kappa shape index (κ2) is 10.9. The average molecular weight is 519 g/mol. The number of fused-ring (bicyclic) bond motifs is 1. The van der Waals surface area contributed by atoms with Crippen molar-refractivity contribution in [2.45, 2.75) is 31.5 Å². The van der Waals surface area contributed by atoms with Gasteiger partial charge < -0.3 is 15.1 Å². The molecular formula is C33H34N4O2.